The summed E-state index contributed by atoms with van der Waals surface area (Å²) in [5.41, 5.74) is 1.65. The molecule has 1 fully saturated rings. The van der Waals surface area contributed by atoms with Crippen LogP contribution in [-0.2, 0) is 4.74 Å². The van der Waals surface area contributed by atoms with E-state index in [1.54, 1.807) is 18.2 Å². The summed E-state index contributed by atoms with van der Waals surface area (Å²) in [6.07, 6.45) is 7.27. The first-order valence-electron chi connectivity index (χ1n) is 12.8. The number of nitrogens with one attached hydrogen (secondary N) is 2. The molecule has 9 heteroatoms. The number of aliphatic imine (C=N–C) groups is 1. The zero-order valence-corrected chi connectivity index (χ0v) is 20.8. The molecule has 0 aromatic heterocycles. The maximum atomic E-state index is 14.3. The summed E-state index contributed by atoms with van der Waals surface area (Å²) < 4.78 is 45.4. The van der Waals surface area contributed by atoms with Crippen molar-refractivity contribution in [3.05, 3.63) is 59.2 Å². The van der Waals surface area contributed by atoms with Crippen molar-refractivity contribution in [2.75, 3.05) is 38.4 Å². The molecule has 0 atom stereocenters. The number of carbonyl (C=O) groups is 1. The van der Waals surface area contributed by atoms with Gasteiger partial charge in [-0.25, -0.2) is 8.78 Å². The van der Waals surface area contributed by atoms with Gasteiger partial charge < -0.3 is 24.8 Å². The zero-order valence-electron chi connectivity index (χ0n) is 20.8. The number of nitrogens with zero attached hydrogens (tertiary/aromatic N) is 1. The number of amides is 1. The van der Waals surface area contributed by atoms with Gasteiger partial charge in [-0.1, -0.05) is 6.07 Å². The van der Waals surface area contributed by atoms with Crippen LogP contribution >= 0.6 is 0 Å². The highest BCUT2D eigenvalue weighted by Gasteiger charge is 2.20. The summed E-state index contributed by atoms with van der Waals surface area (Å²) in [7, 11) is 0. The lowest BCUT2D eigenvalue weighted by molar-refractivity contribution is 0.0695. The Morgan fingerprint density at radius 1 is 0.919 bits per heavy atom. The molecule has 4 bridgehead atoms. The summed E-state index contributed by atoms with van der Waals surface area (Å²) >= 11 is 0. The van der Waals surface area contributed by atoms with E-state index in [2.05, 4.69) is 15.6 Å². The van der Waals surface area contributed by atoms with E-state index in [-0.39, 0.29) is 24.4 Å². The second-order valence-electron chi connectivity index (χ2n) is 9.05. The molecule has 2 aromatic rings. The van der Waals surface area contributed by atoms with Gasteiger partial charge in [-0.05, 0) is 74.4 Å². The number of benzene rings is 2. The molecule has 2 N–H and O–H groups in total. The van der Waals surface area contributed by atoms with E-state index in [1.807, 2.05) is 0 Å². The zero-order chi connectivity index (χ0) is 25.9. The van der Waals surface area contributed by atoms with Crippen molar-refractivity contribution in [3.8, 4) is 11.5 Å². The van der Waals surface area contributed by atoms with Gasteiger partial charge in [-0.3, -0.25) is 9.79 Å². The van der Waals surface area contributed by atoms with Crippen molar-refractivity contribution >= 4 is 23.9 Å². The van der Waals surface area contributed by atoms with Crippen LogP contribution in [0.15, 0.2) is 47.2 Å². The molecule has 7 nitrogen and oxygen atoms in total. The average molecular weight is 514 g/mol. The molecule has 0 radical (unpaired) electrons. The van der Waals surface area contributed by atoms with Gasteiger partial charge in [0.05, 0.1) is 25.0 Å². The summed E-state index contributed by atoms with van der Waals surface area (Å²) in [6, 6.07) is 9.59. The van der Waals surface area contributed by atoms with Crippen LogP contribution in [-0.4, -0.2) is 51.3 Å². The van der Waals surface area contributed by atoms with Gasteiger partial charge in [0.25, 0.3) is 5.91 Å². The van der Waals surface area contributed by atoms with E-state index in [4.69, 9.17) is 14.2 Å². The molecule has 0 spiro atoms. The molecular weight excluding hydrogens is 480 g/mol. The average Bonchev–Trinajstić information content (AvgIpc) is 2.90. The standard InChI is InChI=1S/C28H33F2N3O4/c29-21-15-20-5-8-25(30)27(16-20)37-12-4-2-1-3-11-36-26-17-23(32-19-31-18-21)6-7-24(26)28(34)33-22-9-13-35-14-10-22/h5-8,15-18,22,32H,1-4,9-14,19H2,(H,33,34)/b21-15-,31-18?. The number of allylic oxidation sites excluding steroid dienone is 1. The Morgan fingerprint density at radius 3 is 2.46 bits per heavy atom. The monoisotopic (exact) mass is 513 g/mol. The van der Waals surface area contributed by atoms with Crippen molar-refractivity contribution in [1.82, 2.24) is 5.32 Å². The van der Waals surface area contributed by atoms with Crippen molar-refractivity contribution in [3.63, 3.8) is 0 Å². The van der Waals surface area contributed by atoms with Crippen molar-refractivity contribution < 1.29 is 27.8 Å². The number of ether oxygens (including phenoxy) is 3. The minimum atomic E-state index is -0.571. The van der Waals surface area contributed by atoms with Gasteiger partial charge in [0.15, 0.2) is 11.6 Å². The van der Waals surface area contributed by atoms with Gasteiger partial charge in [0, 0.05) is 31.0 Å². The van der Waals surface area contributed by atoms with Crippen LogP contribution in [0.2, 0.25) is 0 Å². The quantitative estimate of drug-likeness (QED) is 0.553. The lowest BCUT2D eigenvalue weighted by Gasteiger charge is -2.23. The normalized spacial score (nSPS) is 19.4. The first-order chi connectivity index (χ1) is 18.1. The highest BCUT2D eigenvalue weighted by molar-refractivity contribution is 5.97. The Bertz CT molecular complexity index is 1120. The summed E-state index contributed by atoms with van der Waals surface area (Å²) in [4.78, 5) is 17.1. The number of carbonyl (C=O) groups excluding carboxylic acids is 1. The Morgan fingerprint density at radius 2 is 1.68 bits per heavy atom. The van der Waals surface area contributed by atoms with Crippen LogP contribution in [0, 0.1) is 5.82 Å². The minimum absolute atomic E-state index is 0.0771. The fraction of sp³-hybridized carbons (Fsp3) is 0.429. The van der Waals surface area contributed by atoms with Gasteiger partial charge in [-0.2, -0.15) is 0 Å². The molecule has 0 unspecified atom stereocenters. The maximum Gasteiger partial charge on any atom is 0.255 e. The van der Waals surface area contributed by atoms with Gasteiger partial charge in [-0.15, -0.1) is 0 Å². The Kier molecular flexibility index (Phi) is 9.88. The Balaban J connectivity index is 1.47. The van der Waals surface area contributed by atoms with Crippen LogP contribution in [0.3, 0.4) is 0 Å². The molecule has 2 aromatic carbocycles. The lowest BCUT2D eigenvalue weighted by Crippen LogP contribution is -2.39. The number of rotatable bonds is 2. The van der Waals surface area contributed by atoms with Gasteiger partial charge in [0.1, 0.15) is 18.2 Å². The number of fused-ring (bicyclic) bond motifs is 4. The van der Waals surface area contributed by atoms with Crippen LogP contribution in [0.4, 0.5) is 14.5 Å². The summed E-state index contributed by atoms with van der Waals surface area (Å²) in [6.45, 7) is 2.20. The summed E-state index contributed by atoms with van der Waals surface area (Å²) in [5, 5.41) is 6.18. The summed E-state index contributed by atoms with van der Waals surface area (Å²) in [5.74, 6) is -0.651. The van der Waals surface area contributed by atoms with Crippen LogP contribution < -0.4 is 20.1 Å². The third-order valence-corrected chi connectivity index (χ3v) is 6.19. The lowest BCUT2D eigenvalue weighted by atomic mass is 10.1. The largest absolute Gasteiger partial charge is 0.493 e. The minimum Gasteiger partial charge on any atom is -0.493 e. The number of anilines is 1. The first kappa shape index (κ1) is 26.6. The molecule has 2 heterocycles. The maximum absolute atomic E-state index is 14.3. The highest BCUT2D eigenvalue weighted by atomic mass is 19.1. The molecule has 2 aliphatic heterocycles. The molecule has 1 saturated heterocycles. The van der Waals surface area contributed by atoms with Crippen molar-refractivity contribution in [1.29, 1.82) is 0 Å². The molecular formula is C28H33F2N3O4. The van der Waals surface area contributed by atoms with E-state index in [0.717, 1.165) is 44.7 Å². The fourth-order valence-corrected chi connectivity index (χ4v) is 4.15. The van der Waals surface area contributed by atoms with E-state index in [9.17, 15) is 13.6 Å². The topological polar surface area (TPSA) is 81.2 Å². The second-order valence-corrected chi connectivity index (χ2v) is 9.05. The molecule has 4 rings (SSSR count). The predicted molar refractivity (Wildman–Crippen MR) is 140 cm³/mol. The molecule has 2 aliphatic rings. The second kappa shape index (κ2) is 13.7. The Labute approximate surface area is 215 Å². The highest BCUT2D eigenvalue weighted by Crippen LogP contribution is 2.25. The third-order valence-electron chi connectivity index (χ3n) is 6.19. The van der Waals surface area contributed by atoms with E-state index in [0.29, 0.717) is 49.0 Å². The number of halogens is 2. The first-order valence-corrected chi connectivity index (χ1v) is 12.8. The molecule has 0 aliphatic carbocycles. The molecule has 198 valence electrons. The molecule has 37 heavy (non-hydrogen) atoms. The van der Waals surface area contributed by atoms with Gasteiger partial charge in [0.2, 0.25) is 0 Å². The van der Waals surface area contributed by atoms with E-state index >= 15 is 0 Å². The van der Waals surface area contributed by atoms with Crippen LogP contribution in [0.25, 0.3) is 6.08 Å². The predicted octanol–water partition coefficient (Wildman–Crippen LogP) is 5.52. The number of hydrogen-bond acceptors (Lipinski definition) is 6. The van der Waals surface area contributed by atoms with Crippen LogP contribution in [0.1, 0.15) is 54.4 Å². The molecule has 1 amide bonds. The SMILES string of the molecule is O=C(NC1CCOCC1)c1ccc2cc1OCCCCCCOc1cc(ccc1F)/C=C(\F)C=NCN2. The van der Waals surface area contributed by atoms with Crippen LogP contribution in [0.5, 0.6) is 11.5 Å². The Hall–Kier alpha value is -3.46. The molecule has 0 saturated carbocycles. The van der Waals surface area contributed by atoms with Crippen molar-refractivity contribution in [2.24, 2.45) is 4.99 Å². The third kappa shape index (κ3) is 8.28. The van der Waals surface area contributed by atoms with Gasteiger partial charge >= 0.3 is 0 Å². The van der Waals surface area contributed by atoms with Crippen molar-refractivity contribution in [2.45, 2.75) is 44.6 Å². The van der Waals surface area contributed by atoms with E-state index < -0.39 is 11.6 Å². The van der Waals surface area contributed by atoms with E-state index in [1.165, 1.54) is 24.3 Å². The fourth-order valence-electron chi connectivity index (χ4n) is 4.15. The smallest absolute Gasteiger partial charge is 0.255 e. The number of hydrogen-bond donors (Lipinski definition) is 2.